The zero-order valence-corrected chi connectivity index (χ0v) is 31.3. The minimum atomic E-state index is -0.165. The molecule has 0 spiro atoms. The van der Waals surface area contributed by atoms with E-state index in [0.717, 1.165) is 41.1 Å². The summed E-state index contributed by atoms with van der Waals surface area (Å²) < 4.78 is 4.71. The quantitative estimate of drug-likeness (QED) is 0.119. The predicted molar refractivity (Wildman–Crippen MR) is 191 cm³/mol. The van der Waals surface area contributed by atoms with Gasteiger partial charge in [-0.05, 0) is 52.6 Å². The molecule has 0 saturated heterocycles. The predicted octanol–water partition coefficient (Wildman–Crippen LogP) is 9.24. The maximum absolute atomic E-state index is 5.46. The van der Waals surface area contributed by atoms with Crippen molar-refractivity contribution in [1.29, 1.82) is 0 Å². The number of aryl methyl sites for hydroxylation is 2. The van der Waals surface area contributed by atoms with E-state index in [1.165, 1.54) is 44.4 Å². The van der Waals surface area contributed by atoms with Gasteiger partial charge in [-0.3, -0.25) is 9.55 Å². The van der Waals surface area contributed by atoms with Crippen molar-refractivity contribution in [3.63, 3.8) is 0 Å². The second kappa shape index (κ2) is 11.5. The molecule has 5 heterocycles. The van der Waals surface area contributed by atoms with Crippen LogP contribution in [0.2, 0.25) is 0 Å². The van der Waals surface area contributed by atoms with Gasteiger partial charge in [0.05, 0.1) is 22.7 Å². The Kier molecular flexibility index (Phi) is 7.83. The monoisotopic (exact) mass is 813 g/mol. The summed E-state index contributed by atoms with van der Waals surface area (Å²) in [6, 6.07) is 23.3. The fraction of sp³-hybridized carbons (Fsp3) is 0.341. The van der Waals surface area contributed by atoms with E-state index in [1.807, 2.05) is 6.07 Å². The summed E-state index contributed by atoms with van der Waals surface area (Å²) >= 11 is 0. The molecule has 0 bridgehead atoms. The Hall–Kier alpha value is -4.02. The molecule has 0 radical (unpaired) electrons. The molecular formula is C41H42N6Pt. The Labute approximate surface area is 297 Å². The Morgan fingerprint density at radius 3 is 2.23 bits per heavy atom. The van der Waals surface area contributed by atoms with Crippen LogP contribution in [0.3, 0.4) is 0 Å². The van der Waals surface area contributed by atoms with Crippen molar-refractivity contribution in [3.05, 3.63) is 113 Å². The van der Waals surface area contributed by atoms with Gasteiger partial charge in [0.1, 0.15) is 5.82 Å². The third-order valence-electron chi connectivity index (χ3n) is 11.0. The number of aromatic nitrogens is 6. The van der Waals surface area contributed by atoms with Gasteiger partial charge in [0.15, 0.2) is 0 Å². The van der Waals surface area contributed by atoms with E-state index in [-0.39, 0.29) is 31.9 Å². The van der Waals surface area contributed by atoms with E-state index in [4.69, 9.17) is 9.97 Å². The molecule has 246 valence electrons. The van der Waals surface area contributed by atoms with E-state index >= 15 is 0 Å². The number of hydrogen-bond donors (Lipinski definition) is 0. The Morgan fingerprint density at radius 2 is 1.54 bits per heavy atom. The van der Waals surface area contributed by atoms with Gasteiger partial charge < -0.3 is 14.4 Å². The number of nitrogens with zero attached hydrogens (tertiary/aromatic N) is 6. The number of rotatable bonds is 7. The molecule has 1 aliphatic rings. The first kappa shape index (κ1) is 32.5. The summed E-state index contributed by atoms with van der Waals surface area (Å²) in [5.41, 5.74) is 10.6. The molecule has 0 amide bonds. The molecule has 0 fully saturated rings. The minimum absolute atomic E-state index is 0. The van der Waals surface area contributed by atoms with Gasteiger partial charge in [-0.1, -0.05) is 110 Å². The average molecular weight is 814 g/mol. The number of para-hydroxylation sites is 2. The van der Waals surface area contributed by atoms with Gasteiger partial charge in [-0.2, -0.15) is 0 Å². The Morgan fingerprint density at radius 1 is 0.833 bits per heavy atom. The van der Waals surface area contributed by atoms with Crippen molar-refractivity contribution in [2.45, 2.75) is 90.9 Å². The van der Waals surface area contributed by atoms with Crippen LogP contribution in [-0.2, 0) is 44.7 Å². The van der Waals surface area contributed by atoms with Gasteiger partial charge in [-0.25, -0.2) is 4.98 Å². The van der Waals surface area contributed by atoms with Crippen LogP contribution in [-0.4, -0.2) is 23.9 Å². The average Bonchev–Trinajstić information content (AvgIpc) is 3.81. The smallest absolute Gasteiger partial charge is 0.440 e. The molecule has 0 N–H and O–H groups in total. The molecule has 0 unspecified atom stereocenters. The maximum atomic E-state index is 5.46. The molecule has 8 rings (SSSR count). The topological polar surface area (TPSA) is 62.1 Å². The molecule has 7 aromatic rings. The van der Waals surface area contributed by atoms with Crippen LogP contribution in [0, 0.1) is 6.07 Å². The normalized spacial score (nSPS) is 15.0. The van der Waals surface area contributed by atoms with Crippen molar-refractivity contribution in [2.75, 3.05) is 0 Å². The molecule has 4 aromatic heterocycles. The minimum Gasteiger partial charge on any atom is -0.440 e. The molecule has 48 heavy (non-hydrogen) atoms. The fourth-order valence-corrected chi connectivity index (χ4v) is 7.92. The van der Waals surface area contributed by atoms with Gasteiger partial charge in [0, 0.05) is 28.2 Å². The zero-order valence-electron chi connectivity index (χ0n) is 29.0. The van der Waals surface area contributed by atoms with Crippen molar-refractivity contribution < 1.29 is 21.1 Å². The molecule has 3 aromatic carbocycles. The van der Waals surface area contributed by atoms with Gasteiger partial charge in [-0.15, -0.1) is 29.7 Å². The molecule has 1 aliphatic heterocycles. The van der Waals surface area contributed by atoms with Crippen LogP contribution in [0.4, 0.5) is 0 Å². The van der Waals surface area contributed by atoms with Crippen LogP contribution in [0.1, 0.15) is 101 Å². The number of imidazole rings is 3. The molecular weight excluding hydrogens is 772 g/mol. The first-order valence-electron chi connectivity index (χ1n) is 16.9. The van der Waals surface area contributed by atoms with Crippen LogP contribution >= 0.6 is 0 Å². The second-order valence-electron chi connectivity index (χ2n) is 14.9. The summed E-state index contributed by atoms with van der Waals surface area (Å²) in [6.45, 7) is 18.6. The number of fused-ring (bicyclic) bond motifs is 3. The van der Waals surface area contributed by atoms with Crippen LogP contribution in [0.5, 0.6) is 0 Å². The van der Waals surface area contributed by atoms with Gasteiger partial charge in [0.2, 0.25) is 0 Å². The zero-order chi connectivity index (χ0) is 32.8. The van der Waals surface area contributed by atoms with E-state index in [0.29, 0.717) is 17.7 Å². The van der Waals surface area contributed by atoms with Crippen molar-refractivity contribution in [3.8, 4) is 17.3 Å². The third kappa shape index (κ3) is 4.59. The maximum Gasteiger partial charge on any atom is 2.00 e. The first-order valence-corrected chi connectivity index (χ1v) is 16.9. The molecule has 0 saturated carbocycles. The fourth-order valence-electron chi connectivity index (χ4n) is 7.92. The van der Waals surface area contributed by atoms with Crippen LogP contribution in [0.25, 0.3) is 44.7 Å². The number of pyridine rings is 1. The van der Waals surface area contributed by atoms with Gasteiger partial charge in [0.25, 0.3) is 0 Å². The summed E-state index contributed by atoms with van der Waals surface area (Å²) in [4.78, 5) is 19.9. The standard InChI is InChI=1S/C41H42N6.Pt/c1-24(2)27-15-11-16-28(25(3)4)34(27)46-23-26(44-39(46)37-42-21-22-43-37)19-20-33-36-41(7,8)40(5,6)32-18-12-17-30-29-13-9-10-14-31(29)38(45-33)47(36)35(30)32;/h9-13,15-18,21-25H,19-20H2,1-8H3;/q-2;+2. The summed E-state index contributed by atoms with van der Waals surface area (Å²) in [5, 5.41) is 3.54. The molecule has 0 atom stereocenters. The van der Waals surface area contributed by atoms with Crippen molar-refractivity contribution >= 4 is 27.3 Å². The van der Waals surface area contributed by atoms with Crippen molar-refractivity contribution in [2.24, 2.45) is 0 Å². The Bertz CT molecular complexity index is 2290. The summed E-state index contributed by atoms with van der Waals surface area (Å²) in [7, 11) is 0. The van der Waals surface area contributed by atoms with Crippen LogP contribution < -0.4 is 4.98 Å². The SMILES string of the molecule is CC(C)c1cccc(C(C)C)c1-n1cc(CCc2nc3c4[c-]cccc4c4cccc5c4n3c2C(C)(C)C5(C)C)nc1-c1ncc[n-]1.[Pt+2]. The molecule has 0 aliphatic carbocycles. The number of benzene rings is 3. The molecule has 7 heteroatoms. The third-order valence-corrected chi connectivity index (χ3v) is 11.0. The second-order valence-corrected chi connectivity index (χ2v) is 14.9. The largest absolute Gasteiger partial charge is 2.00 e. The first-order chi connectivity index (χ1) is 22.5. The van der Waals surface area contributed by atoms with Crippen LogP contribution in [0.15, 0.2) is 73.2 Å². The van der Waals surface area contributed by atoms with Gasteiger partial charge >= 0.3 is 21.1 Å². The number of hydrogen-bond acceptors (Lipinski definition) is 3. The van der Waals surface area contributed by atoms with Crippen molar-refractivity contribution in [1.82, 2.24) is 28.9 Å². The van der Waals surface area contributed by atoms with E-state index in [2.05, 4.69) is 135 Å². The molecule has 6 nitrogen and oxygen atoms in total. The Balaban J connectivity index is 0.00000364. The van der Waals surface area contributed by atoms with E-state index in [1.54, 1.807) is 12.4 Å². The summed E-state index contributed by atoms with van der Waals surface area (Å²) in [6.07, 6.45) is 7.23. The van der Waals surface area contributed by atoms with E-state index < -0.39 is 0 Å². The van der Waals surface area contributed by atoms with E-state index in [9.17, 15) is 0 Å². The summed E-state index contributed by atoms with van der Waals surface area (Å²) in [5.74, 6) is 2.14.